The Kier molecular flexibility index (Phi) is 6.52. The molecule has 0 aromatic carbocycles. The molecule has 0 aliphatic carbocycles. The second-order valence-corrected chi connectivity index (χ2v) is 4.32. The molecule has 0 radical (unpaired) electrons. The van der Waals surface area contributed by atoms with Crippen molar-refractivity contribution in [3.63, 3.8) is 0 Å². The molecule has 2 atom stereocenters. The van der Waals surface area contributed by atoms with Crippen molar-refractivity contribution in [1.82, 2.24) is 5.32 Å². The fourth-order valence-corrected chi connectivity index (χ4v) is 1.56. The summed E-state index contributed by atoms with van der Waals surface area (Å²) in [5, 5.41) is 21.0. The number of aliphatic hydroxyl groups excluding tert-OH is 1. The number of carboxylic acids is 1. The molecule has 0 amide bonds. The maximum absolute atomic E-state index is 11.1. The molecule has 4 heteroatoms. The SMILES string of the molecule is CCCCC[C@@](C)(N[C@H](C)CO)C(=O)O. The minimum atomic E-state index is -0.919. The number of nitrogens with one attached hydrogen (secondary N) is 1. The van der Waals surface area contributed by atoms with E-state index in [0.29, 0.717) is 6.42 Å². The third-order valence-electron chi connectivity index (χ3n) is 2.59. The van der Waals surface area contributed by atoms with Crippen LogP contribution in [0.1, 0.15) is 46.5 Å². The first kappa shape index (κ1) is 14.4. The molecule has 0 spiro atoms. The Labute approximate surface area is 91.7 Å². The monoisotopic (exact) mass is 217 g/mol. The van der Waals surface area contributed by atoms with Crippen molar-refractivity contribution in [2.75, 3.05) is 6.61 Å². The van der Waals surface area contributed by atoms with Gasteiger partial charge in [0.25, 0.3) is 0 Å². The van der Waals surface area contributed by atoms with Gasteiger partial charge in [-0.25, -0.2) is 0 Å². The first-order chi connectivity index (χ1) is 6.96. The van der Waals surface area contributed by atoms with Gasteiger partial charge in [0.05, 0.1) is 6.61 Å². The second kappa shape index (κ2) is 6.80. The number of hydrogen-bond acceptors (Lipinski definition) is 3. The number of rotatable bonds is 8. The van der Waals surface area contributed by atoms with E-state index < -0.39 is 11.5 Å². The zero-order valence-electron chi connectivity index (χ0n) is 9.92. The first-order valence-corrected chi connectivity index (χ1v) is 5.58. The van der Waals surface area contributed by atoms with Gasteiger partial charge in [0.15, 0.2) is 0 Å². The van der Waals surface area contributed by atoms with Crippen LogP contribution in [-0.2, 0) is 4.79 Å². The van der Waals surface area contributed by atoms with E-state index in [2.05, 4.69) is 12.2 Å². The van der Waals surface area contributed by atoms with Gasteiger partial charge in [-0.1, -0.05) is 26.2 Å². The zero-order valence-corrected chi connectivity index (χ0v) is 9.92. The Bertz CT molecular complexity index is 196. The van der Waals surface area contributed by atoms with E-state index in [1.165, 1.54) is 0 Å². The number of hydrogen-bond donors (Lipinski definition) is 3. The van der Waals surface area contributed by atoms with Crippen molar-refractivity contribution in [2.24, 2.45) is 0 Å². The second-order valence-electron chi connectivity index (χ2n) is 4.32. The molecule has 0 saturated heterocycles. The molecule has 0 aromatic heterocycles. The van der Waals surface area contributed by atoms with E-state index in [9.17, 15) is 4.79 Å². The maximum atomic E-state index is 11.1. The average molecular weight is 217 g/mol. The minimum Gasteiger partial charge on any atom is -0.480 e. The van der Waals surface area contributed by atoms with Gasteiger partial charge in [0.1, 0.15) is 5.54 Å². The molecular weight excluding hydrogens is 194 g/mol. The highest BCUT2D eigenvalue weighted by Crippen LogP contribution is 2.16. The van der Waals surface area contributed by atoms with E-state index in [1.54, 1.807) is 13.8 Å². The lowest BCUT2D eigenvalue weighted by Crippen LogP contribution is -2.54. The van der Waals surface area contributed by atoms with E-state index in [4.69, 9.17) is 10.2 Å². The Hall–Kier alpha value is -0.610. The molecule has 0 unspecified atom stereocenters. The van der Waals surface area contributed by atoms with Crippen molar-refractivity contribution < 1.29 is 15.0 Å². The third-order valence-corrected chi connectivity index (χ3v) is 2.59. The number of unbranched alkanes of at least 4 members (excludes halogenated alkanes) is 2. The number of carbonyl (C=O) groups is 1. The highest BCUT2D eigenvalue weighted by molar-refractivity contribution is 5.78. The minimum absolute atomic E-state index is 0.0450. The summed E-state index contributed by atoms with van der Waals surface area (Å²) in [5.41, 5.74) is -0.919. The summed E-state index contributed by atoms with van der Waals surface area (Å²) in [6.07, 6.45) is 3.61. The molecule has 0 aromatic rings. The lowest BCUT2D eigenvalue weighted by Gasteiger charge is -2.29. The fraction of sp³-hybridized carbons (Fsp3) is 0.909. The quantitative estimate of drug-likeness (QED) is 0.537. The molecule has 90 valence electrons. The normalized spacial score (nSPS) is 17.1. The molecule has 4 nitrogen and oxygen atoms in total. The van der Waals surface area contributed by atoms with Gasteiger partial charge in [-0.15, -0.1) is 0 Å². The smallest absolute Gasteiger partial charge is 0.323 e. The lowest BCUT2D eigenvalue weighted by molar-refractivity contribution is -0.145. The maximum Gasteiger partial charge on any atom is 0.323 e. The topological polar surface area (TPSA) is 69.6 Å². The van der Waals surface area contributed by atoms with Gasteiger partial charge in [-0.2, -0.15) is 0 Å². The highest BCUT2D eigenvalue weighted by atomic mass is 16.4. The summed E-state index contributed by atoms with van der Waals surface area (Å²) in [5.74, 6) is -0.848. The molecule has 0 aliphatic heterocycles. The van der Waals surface area contributed by atoms with E-state index in [0.717, 1.165) is 19.3 Å². The van der Waals surface area contributed by atoms with Crippen LogP contribution in [0.2, 0.25) is 0 Å². The van der Waals surface area contributed by atoms with Crippen molar-refractivity contribution in [1.29, 1.82) is 0 Å². The summed E-state index contributed by atoms with van der Waals surface area (Å²) in [6.45, 7) is 5.50. The van der Waals surface area contributed by atoms with Gasteiger partial charge < -0.3 is 10.2 Å². The standard InChI is InChI=1S/C11H23NO3/c1-4-5-6-7-11(3,10(14)15)12-9(2)8-13/h9,12-13H,4-8H2,1-3H3,(H,14,15)/t9-,11-/m1/s1. The summed E-state index contributed by atoms with van der Waals surface area (Å²) in [6, 6.07) is -0.187. The highest BCUT2D eigenvalue weighted by Gasteiger charge is 2.33. The number of carboxylic acid groups (broad SMARTS) is 1. The lowest BCUT2D eigenvalue weighted by atomic mass is 9.93. The first-order valence-electron chi connectivity index (χ1n) is 5.58. The van der Waals surface area contributed by atoms with Crippen LogP contribution < -0.4 is 5.32 Å². The van der Waals surface area contributed by atoms with Crippen LogP contribution in [0, 0.1) is 0 Å². The summed E-state index contributed by atoms with van der Waals surface area (Å²) in [4.78, 5) is 11.1. The summed E-state index contributed by atoms with van der Waals surface area (Å²) in [7, 11) is 0. The van der Waals surface area contributed by atoms with E-state index in [-0.39, 0.29) is 12.6 Å². The largest absolute Gasteiger partial charge is 0.480 e. The van der Waals surface area contributed by atoms with E-state index >= 15 is 0 Å². The molecule has 0 rings (SSSR count). The average Bonchev–Trinajstić information content (AvgIpc) is 2.17. The predicted molar refractivity (Wildman–Crippen MR) is 59.9 cm³/mol. The molecular formula is C11H23NO3. The van der Waals surface area contributed by atoms with Gasteiger partial charge >= 0.3 is 5.97 Å². The zero-order chi connectivity index (χ0) is 11.9. The van der Waals surface area contributed by atoms with Crippen LogP contribution in [0.5, 0.6) is 0 Å². The molecule has 0 saturated carbocycles. The molecule has 0 bridgehead atoms. The summed E-state index contributed by atoms with van der Waals surface area (Å²) >= 11 is 0. The van der Waals surface area contributed by atoms with Crippen LogP contribution >= 0.6 is 0 Å². The van der Waals surface area contributed by atoms with E-state index in [1.807, 2.05) is 0 Å². The van der Waals surface area contributed by atoms with Crippen molar-refractivity contribution in [2.45, 2.75) is 58.0 Å². The van der Waals surface area contributed by atoms with Crippen LogP contribution in [0.4, 0.5) is 0 Å². The molecule has 3 N–H and O–H groups in total. The third kappa shape index (κ3) is 5.14. The Morgan fingerprint density at radius 2 is 2.07 bits per heavy atom. The molecule has 15 heavy (non-hydrogen) atoms. The molecule has 0 aliphatic rings. The Balaban J connectivity index is 4.25. The number of aliphatic hydroxyl groups is 1. The number of aliphatic carboxylic acids is 1. The molecule has 0 heterocycles. The van der Waals surface area contributed by atoms with Crippen LogP contribution in [-0.4, -0.2) is 34.4 Å². The van der Waals surface area contributed by atoms with Crippen LogP contribution in [0.15, 0.2) is 0 Å². The van der Waals surface area contributed by atoms with Crippen molar-refractivity contribution >= 4 is 5.97 Å². The van der Waals surface area contributed by atoms with Crippen LogP contribution in [0.25, 0.3) is 0 Å². The summed E-state index contributed by atoms with van der Waals surface area (Å²) < 4.78 is 0. The van der Waals surface area contributed by atoms with Crippen molar-refractivity contribution in [3.8, 4) is 0 Å². The van der Waals surface area contributed by atoms with Crippen molar-refractivity contribution in [3.05, 3.63) is 0 Å². The van der Waals surface area contributed by atoms with Crippen LogP contribution in [0.3, 0.4) is 0 Å². The molecule has 0 fully saturated rings. The van der Waals surface area contributed by atoms with Gasteiger partial charge in [-0.05, 0) is 20.3 Å². The fourth-order valence-electron chi connectivity index (χ4n) is 1.56. The van der Waals surface area contributed by atoms with Gasteiger partial charge in [0, 0.05) is 6.04 Å². The predicted octanol–water partition coefficient (Wildman–Crippen LogP) is 1.38. The van der Waals surface area contributed by atoms with Gasteiger partial charge in [0.2, 0.25) is 0 Å². The Morgan fingerprint density at radius 3 is 2.47 bits per heavy atom. The van der Waals surface area contributed by atoms with Gasteiger partial charge in [-0.3, -0.25) is 10.1 Å². The Morgan fingerprint density at radius 1 is 1.47 bits per heavy atom.